The molecule has 0 aliphatic heterocycles. The molecule has 0 aliphatic rings. The third-order valence-corrected chi connectivity index (χ3v) is 3.97. The molecule has 124 valence electrons. The fraction of sp³-hybridized carbons (Fsp3) is 0.263. The highest BCUT2D eigenvalue weighted by atomic mass is 16.5. The number of nitrogens with zero attached hydrogens (tertiary/aromatic N) is 2. The second-order valence-corrected chi connectivity index (χ2v) is 5.67. The van der Waals surface area contributed by atoms with Gasteiger partial charge in [0, 0.05) is 49.7 Å². The minimum atomic E-state index is 0.00787. The van der Waals surface area contributed by atoms with Crippen LogP contribution in [0.5, 0.6) is 0 Å². The lowest BCUT2D eigenvalue weighted by Crippen LogP contribution is -2.24. The van der Waals surface area contributed by atoms with Crippen LogP contribution >= 0.6 is 0 Å². The van der Waals surface area contributed by atoms with E-state index in [0.29, 0.717) is 19.6 Å². The zero-order valence-electron chi connectivity index (χ0n) is 13.7. The molecular weight excluding hydrogens is 302 g/mol. The van der Waals surface area contributed by atoms with Crippen molar-refractivity contribution >= 4 is 16.8 Å². The average Bonchev–Trinajstić information content (AvgIpc) is 2.97. The van der Waals surface area contributed by atoms with Crippen LogP contribution in [0.15, 0.2) is 55.0 Å². The maximum absolute atomic E-state index is 12.3. The Hall–Kier alpha value is -2.66. The molecule has 1 N–H and O–H groups in total. The first-order chi connectivity index (χ1) is 11.8. The Kier molecular flexibility index (Phi) is 5.23. The van der Waals surface area contributed by atoms with E-state index in [0.717, 1.165) is 28.6 Å². The molecule has 0 fully saturated rings. The second-order valence-electron chi connectivity index (χ2n) is 5.67. The highest BCUT2D eigenvalue weighted by Gasteiger charge is 2.11. The van der Waals surface area contributed by atoms with Crippen molar-refractivity contribution in [3.63, 3.8) is 0 Å². The minimum Gasteiger partial charge on any atom is -0.383 e. The molecule has 5 nitrogen and oxygen atoms in total. The zero-order chi connectivity index (χ0) is 16.8. The van der Waals surface area contributed by atoms with Gasteiger partial charge in [-0.15, -0.1) is 0 Å². The average molecular weight is 323 g/mol. The van der Waals surface area contributed by atoms with Gasteiger partial charge in [0.2, 0.25) is 5.91 Å². The summed E-state index contributed by atoms with van der Waals surface area (Å²) >= 11 is 0. The van der Waals surface area contributed by atoms with E-state index in [2.05, 4.69) is 27.0 Å². The summed E-state index contributed by atoms with van der Waals surface area (Å²) in [6.07, 6.45) is 5.89. The lowest BCUT2D eigenvalue weighted by atomic mass is 10.1. The van der Waals surface area contributed by atoms with E-state index in [9.17, 15) is 4.79 Å². The van der Waals surface area contributed by atoms with Crippen LogP contribution in [0.25, 0.3) is 10.9 Å². The van der Waals surface area contributed by atoms with Gasteiger partial charge in [-0.3, -0.25) is 9.78 Å². The number of carbonyl (C=O) groups is 1. The molecule has 0 atom stereocenters. The number of methoxy groups -OCH3 is 1. The van der Waals surface area contributed by atoms with E-state index in [-0.39, 0.29) is 5.91 Å². The number of nitrogens with one attached hydrogen (secondary N) is 1. The predicted molar refractivity (Wildman–Crippen MR) is 93.6 cm³/mol. The molecule has 0 spiro atoms. The van der Waals surface area contributed by atoms with Crippen LogP contribution in [-0.2, 0) is 29.0 Å². The first-order valence-corrected chi connectivity index (χ1v) is 7.99. The topological polar surface area (TPSA) is 56.1 Å². The first kappa shape index (κ1) is 16.2. The van der Waals surface area contributed by atoms with E-state index in [4.69, 9.17) is 4.74 Å². The Morgan fingerprint density at radius 1 is 1.25 bits per heavy atom. The molecule has 3 aromatic rings. The Balaban J connectivity index is 1.71. The summed E-state index contributed by atoms with van der Waals surface area (Å²) in [6.45, 7) is 1.91. The molecule has 2 heterocycles. The van der Waals surface area contributed by atoms with Crippen LogP contribution < -0.4 is 5.32 Å². The molecular formula is C19H21N3O2. The summed E-state index contributed by atoms with van der Waals surface area (Å²) in [5.41, 5.74) is 3.16. The molecule has 0 saturated heterocycles. The first-order valence-electron chi connectivity index (χ1n) is 7.99. The Labute approximate surface area is 141 Å². The molecule has 0 bridgehead atoms. The summed E-state index contributed by atoms with van der Waals surface area (Å²) in [6, 6.07) is 12.0. The van der Waals surface area contributed by atoms with E-state index in [1.54, 1.807) is 19.5 Å². The largest absolute Gasteiger partial charge is 0.383 e. The maximum Gasteiger partial charge on any atom is 0.224 e. The Morgan fingerprint density at radius 3 is 2.92 bits per heavy atom. The number of rotatable bonds is 7. The zero-order valence-corrected chi connectivity index (χ0v) is 13.7. The van der Waals surface area contributed by atoms with Gasteiger partial charge in [-0.2, -0.15) is 0 Å². The third-order valence-electron chi connectivity index (χ3n) is 3.97. The van der Waals surface area contributed by atoms with Crippen molar-refractivity contribution in [2.24, 2.45) is 0 Å². The Morgan fingerprint density at radius 2 is 2.12 bits per heavy atom. The van der Waals surface area contributed by atoms with E-state index in [1.165, 1.54) is 0 Å². The Bertz CT molecular complexity index is 812. The van der Waals surface area contributed by atoms with Gasteiger partial charge in [0.1, 0.15) is 0 Å². The monoisotopic (exact) mass is 323 g/mol. The standard InChI is InChI=1S/C19H21N3O2/c1-24-10-9-22-14-16(17-6-2-3-7-18(17)22)11-19(23)21-13-15-5-4-8-20-12-15/h2-8,12,14H,9-11,13H2,1H3,(H,21,23). The molecule has 0 saturated carbocycles. The smallest absolute Gasteiger partial charge is 0.224 e. The number of fused-ring (bicyclic) bond motifs is 1. The fourth-order valence-corrected chi connectivity index (χ4v) is 2.78. The van der Waals surface area contributed by atoms with Gasteiger partial charge in [-0.1, -0.05) is 24.3 Å². The van der Waals surface area contributed by atoms with Gasteiger partial charge >= 0.3 is 0 Å². The van der Waals surface area contributed by atoms with Crippen LogP contribution in [0.1, 0.15) is 11.1 Å². The molecule has 1 aromatic carbocycles. The molecule has 3 rings (SSSR count). The van der Waals surface area contributed by atoms with Crippen LogP contribution in [-0.4, -0.2) is 29.2 Å². The number of ether oxygens (including phenoxy) is 1. The summed E-state index contributed by atoms with van der Waals surface area (Å²) in [7, 11) is 1.69. The maximum atomic E-state index is 12.3. The van der Waals surface area contributed by atoms with Crippen molar-refractivity contribution in [1.82, 2.24) is 14.9 Å². The van der Waals surface area contributed by atoms with Crippen LogP contribution in [0.3, 0.4) is 0 Å². The fourth-order valence-electron chi connectivity index (χ4n) is 2.78. The van der Waals surface area contributed by atoms with Gasteiger partial charge in [0.05, 0.1) is 13.0 Å². The molecule has 0 unspecified atom stereocenters. The molecule has 5 heteroatoms. The van der Waals surface area contributed by atoms with Gasteiger partial charge in [-0.25, -0.2) is 0 Å². The number of para-hydroxylation sites is 1. The van der Waals surface area contributed by atoms with Gasteiger partial charge in [0.25, 0.3) is 0 Å². The molecule has 24 heavy (non-hydrogen) atoms. The van der Waals surface area contributed by atoms with E-state index >= 15 is 0 Å². The van der Waals surface area contributed by atoms with Gasteiger partial charge < -0.3 is 14.6 Å². The van der Waals surface area contributed by atoms with Crippen molar-refractivity contribution < 1.29 is 9.53 Å². The predicted octanol–water partition coefficient (Wildman–Crippen LogP) is 2.54. The normalized spacial score (nSPS) is 10.9. The van der Waals surface area contributed by atoms with Crippen LogP contribution in [0, 0.1) is 0 Å². The number of hydrogen-bond donors (Lipinski definition) is 1. The lowest BCUT2D eigenvalue weighted by molar-refractivity contribution is -0.120. The van der Waals surface area contributed by atoms with E-state index < -0.39 is 0 Å². The van der Waals surface area contributed by atoms with Crippen LogP contribution in [0.4, 0.5) is 0 Å². The number of carbonyl (C=O) groups excluding carboxylic acids is 1. The number of aromatic nitrogens is 2. The van der Waals surface area contributed by atoms with Crippen molar-refractivity contribution in [2.45, 2.75) is 19.5 Å². The van der Waals surface area contributed by atoms with Gasteiger partial charge in [-0.05, 0) is 23.3 Å². The number of hydrogen-bond acceptors (Lipinski definition) is 3. The number of benzene rings is 1. The number of pyridine rings is 1. The van der Waals surface area contributed by atoms with Gasteiger partial charge in [0.15, 0.2) is 0 Å². The highest BCUT2D eigenvalue weighted by molar-refractivity contribution is 5.89. The highest BCUT2D eigenvalue weighted by Crippen LogP contribution is 2.21. The summed E-state index contributed by atoms with van der Waals surface area (Å²) < 4.78 is 7.31. The van der Waals surface area contributed by atoms with Crippen molar-refractivity contribution in [3.05, 3.63) is 66.1 Å². The third kappa shape index (κ3) is 3.81. The number of amides is 1. The van der Waals surface area contributed by atoms with Crippen LogP contribution in [0.2, 0.25) is 0 Å². The van der Waals surface area contributed by atoms with E-state index in [1.807, 2.05) is 30.5 Å². The van der Waals surface area contributed by atoms with Crippen molar-refractivity contribution in [3.8, 4) is 0 Å². The van der Waals surface area contributed by atoms with Crippen molar-refractivity contribution in [2.75, 3.05) is 13.7 Å². The second kappa shape index (κ2) is 7.75. The quantitative estimate of drug-likeness (QED) is 0.727. The molecule has 0 radical (unpaired) electrons. The minimum absolute atomic E-state index is 0.00787. The lowest BCUT2D eigenvalue weighted by Gasteiger charge is -2.04. The molecule has 0 aliphatic carbocycles. The molecule has 2 aromatic heterocycles. The van der Waals surface area contributed by atoms with Crippen molar-refractivity contribution in [1.29, 1.82) is 0 Å². The molecule has 1 amide bonds. The summed E-state index contributed by atoms with van der Waals surface area (Å²) in [4.78, 5) is 16.3. The summed E-state index contributed by atoms with van der Waals surface area (Å²) in [5.74, 6) is 0.00787. The summed E-state index contributed by atoms with van der Waals surface area (Å²) in [5, 5.41) is 4.07. The SMILES string of the molecule is COCCn1cc(CC(=O)NCc2cccnc2)c2ccccc21.